The minimum Gasteiger partial charge on any atom is -0.508 e. The Morgan fingerprint density at radius 1 is 0.920 bits per heavy atom. The monoisotopic (exact) mass is 729 g/mol. The Bertz CT molecular complexity index is 1990. The van der Waals surface area contributed by atoms with Crippen LogP contribution in [0.5, 0.6) is 17.2 Å². The van der Waals surface area contributed by atoms with Gasteiger partial charge in [0.15, 0.2) is 0 Å². The number of nitrogens with zero attached hydrogens (tertiary/aromatic N) is 2. The second-order valence-corrected chi connectivity index (χ2v) is 13.6. The van der Waals surface area contributed by atoms with Gasteiger partial charge in [-0.25, -0.2) is 0 Å². The smallest absolute Gasteiger partial charge is 0.508 e. The van der Waals surface area contributed by atoms with Crippen molar-refractivity contribution in [3.63, 3.8) is 0 Å². The van der Waals surface area contributed by atoms with Crippen LogP contribution in [-0.2, 0) is 24.6 Å². The molecule has 10 nitrogen and oxygen atoms in total. The molecule has 2 aliphatic heterocycles. The molecular weight excluding hydrogens is 702 g/mol. The van der Waals surface area contributed by atoms with Crippen molar-refractivity contribution < 1.29 is 46.9 Å². The third kappa shape index (κ3) is 5.08. The number of likely N-dealkylation sites (tertiary alicyclic amines) is 1. The second kappa shape index (κ2) is 11.9. The van der Waals surface area contributed by atoms with E-state index in [2.05, 4.69) is 10.2 Å². The lowest BCUT2D eigenvalue weighted by molar-refractivity contribution is -0.274. The number of allylic oxidation sites excluding steroid dienone is 2. The van der Waals surface area contributed by atoms with Crippen molar-refractivity contribution in [3.05, 3.63) is 93.5 Å². The summed E-state index contributed by atoms with van der Waals surface area (Å²) in [7, 11) is 2.82. The molecule has 260 valence electrons. The molecule has 4 aliphatic rings. The van der Waals surface area contributed by atoms with E-state index in [-0.39, 0.29) is 29.1 Å². The van der Waals surface area contributed by atoms with Crippen LogP contribution in [0.15, 0.2) is 72.3 Å². The van der Waals surface area contributed by atoms with Gasteiger partial charge in [-0.15, -0.1) is 13.2 Å². The number of fused-ring (bicyclic) bond motifs is 4. The first-order chi connectivity index (χ1) is 23.7. The fraction of sp³-hybridized carbons (Fsp3) is 0.314. The molecule has 6 unspecified atom stereocenters. The number of carbonyl (C=O) groups is 4. The minimum absolute atomic E-state index is 0.0704. The zero-order valence-electron chi connectivity index (χ0n) is 26.3. The van der Waals surface area contributed by atoms with Crippen LogP contribution >= 0.6 is 23.2 Å². The maximum atomic E-state index is 15.2. The van der Waals surface area contributed by atoms with Crippen molar-refractivity contribution in [2.75, 3.05) is 19.6 Å². The highest BCUT2D eigenvalue weighted by Gasteiger charge is 2.70. The lowest BCUT2D eigenvalue weighted by atomic mass is 9.49. The molecule has 3 aromatic carbocycles. The number of methoxy groups -OCH3 is 1. The van der Waals surface area contributed by atoms with Gasteiger partial charge in [0.25, 0.3) is 11.8 Å². The van der Waals surface area contributed by atoms with Gasteiger partial charge < -0.3 is 14.6 Å². The van der Waals surface area contributed by atoms with Gasteiger partial charge in [0.2, 0.25) is 11.8 Å². The van der Waals surface area contributed by atoms with Gasteiger partial charge in [0, 0.05) is 23.6 Å². The minimum atomic E-state index is -5.09. The molecule has 0 aromatic heterocycles. The van der Waals surface area contributed by atoms with E-state index < -0.39 is 76.5 Å². The molecule has 0 radical (unpaired) electrons. The number of ether oxygens (including phenoxy) is 2. The van der Waals surface area contributed by atoms with Crippen LogP contribution in [0.4, 0.5) is 18.9 Å². The highest BCUT2D eigenvalue weighted by molar-refractivity contribution is 6.36. The van der Waals surface area contributed by atoms with Gasteiger partial charge in [-0.2, -0.15) is 5.01 Å². The first-order valence-electron chi connectivity index (χ1n) is 15.5. The average Bonchev–Trinajstić information content (AvgIpc) is 3.42. The highest BCUT2D eigenvalue weighted by Crippen LogP contribution is 2.65. The predicted octanol–water partition coefficient (Wildman–Crippen LogP) is 6.22. The molecule has 6 atom stereocenters. The topological polar surface area (TPSA) is 125 Å². The number of aromatic hydroxyl groups is 1. The Kier molecular flexibility index (Phi) is 8.06. The van der Waals surface area contributed by atoms with E-state index in [1.807, 2.05) is 0 Å². The number of rotatable bonds is 6. The van der Waals surface area contributed by atoms with E-state index in [0.717, 1.165) is 28.1 Å². The zero-order chi connectivity index (χ0) is 35.9. The number of benzene rings is 3. The van der Waals surface area contributed by atoms with Gasteiger partial charge in [0.1, 0.15) is 17.2 Å². The molecule has 3 aromatic rings. The molecule has 2 N–H and O–H groups in total. The van der Waals surface area contributed by atoms with Crippen LogP contribution < -0.4 is 14.9 Å². The lowest BCUT2D eigenvalue weighted by Gasteiger charge is -2.50. The molecule has 1 saturated carbocycles. The summed E-state index contributed by atoms with van der Waals surface area (Å²) in [6.45, 7) is 0. The highest BCUT2D eigenvalue weighted by atomic mass is 35.5. The summed E-state index contributed by atoms with van der Waals surface area (Å²) in [6, 6.07) is 13.7. The molecule has 2 saturated heterocycles. The van der Waals surface area contributed by atoms with Crippen molar-refractivity contribution in [1.29, 1.82) is 0 Å². The molecule has 0 bridgehead atoms. The third-order valence-electron chi connectivity index (χ3n) is 10.3. The van der Waals surface area contributed by atoms with Gasteiger partial charge in [-0.3, -0.25) is 29.5 Å². The van der Waals surface area contributed by atoms with Crippen molar-refractivity contribution >= 4 is 52.5 Å². The first-order valence-corrected chi connectivity index (χ1v) is 16.3. The summed E-state index contributed by atoms with van der Waals surface area (Å²) in [4.78, 5) is 57.7. The van der Waals surface area contributed by atoms with Crippen LogP contribution in [0.25, 0.3) is 0 Å². The fourth-order valence-corrected chi connectivity index (χ4v) is 8.76. The SMILES string of the molecule is COc1ccc(C23C(=O)N(Nc4ccc(Cl)cc4Cl)C(=O)C2CC2C(=CCC4C(=O)N(C)C(=O)C42)C3c2cc(OC(F)(F)F)ccc2O)cc1. The Morgan fingerprint density at radius 3 is 2.28 bits per heavy atom. The molecular formula is C35H28Cl2F3N3O7. The van der Waals surface area contributed by atoms with Gasteiger partial charge >= 0.3 is 6.36 Å². The number of hydrazine groups is 1. The van der Waals surface area contributed by atoms with Crippen LogP contribution in [-0.4, -0.2) is 59.2 Å². The van der Waals surface area contributed by atoms with Crippen LogP contribution in [0.1, 0.15) is 29.9 Å². The normalized spacial score (nSPS) is 27.5. The number of anilines is 1. The molecule has 50 heavy (non-hydrogen) atoms. The molecule has 4 amide bonds. The molecule has 3 fully saturated rings. The Morgan fingerprint density at radius 2 is 1.62 bits per heavy atom. The number of phenols is 1. The summed E-state index contributed by atoms with van der Waals surface area (Å²) in [5.74, 6) is -8.07. The van der Waals surface area contributed by atoms with E-state index in [1.165, 1.54) is 32.4 Å². The van der Waals surface area contributed by atoms with E-state index in [1.54, 1.807) is 30.3 Å². The number of halogens is 5. The molecule has 0 spiro atoms. The molecule has 7 rings (SSSR count). The van der Waals surface area contributed by atoms with Crippen molar-refractivity contribution in [1.82, 2.24) is 9.91 Å². The fourth-order valence-electron chi connectivity index (χ4n) is 8.31. The number of amides is 4. The van der Waals surface area contributed by atoms with Crippen LogP contribution in [0.3, 0.4) is 0 Å². The number of imide groups is 2. The van der Waals surface area contributed by atoms with E-state index in [4.69, 9.17) is 27.9 Å². The quantitative estimate of drug-likeness (QED) is 0.226. The number of hydrogen-bond acceptors (Lipinski definition) is 8. The maximum absolute atomic E-state index is 15.2. The molecule has 2 aliphatic carbocycles. The summed E-state index contributed by atoms with van der Waals surface area (Å²) < 4.78 is 50.0. The lowest BCUT2D eigenvalue weighted by Crippen LogP contribution is -2.53. The number of nitrogens with one attached hydrogen (secondary N) is 1. The second-order valence-electron chi connectivity index (χ2n) is 12.7. The number of hydrogen-bond donors (Lipinski definition) is 2. The number of phenolic OH excluding ortho intramolecular Hbond substituents is 1. The predicted molar refractivity (Wildman–Crippen MR) is 173 cm³/mol. The average molecular weight is 731 g/mol. The van der Waals surface area contributed by atoms with E-state index >= 15 is 4.79 Å². The van der Waals surface area contributed by atoms with Crippen molar-refractivity contribution in [2.45, 2.75) is 30.5 Å². The van der Waals surface area contributed by atoms with Gasteiger partial charge in [0.05, 0.1) is 41.0 Å². The first kappa shape index (κ1) is 33.7. The maximum Gasteiger partial charge on any atom is 0.573 e. The summed E-state index contributed by atoms with van der Waals surface area (Å²) in [5.41, 5.74) is 1.69. The molecule has 2 heterocycles. The standard InChI is InChI=1S/C35H28Cl2F3N3O7/c1-42-30(45)21-10-9-20-22(28(21)32(42)47)15-24-31(46)43(41-26-11-5-17(36)13-25(26)37)33(48)34(24,16-3-6-18(49-2)7-4-16)29(20)23-14-19(8-12-27(23)44)50-35(38,39)40/h3-9,11-14,21-22,24,28-29,41,44H,10,15H2,1-2H3. The Labute approximate surface area is 293 Å². The Hall–Kier alpha value is -4.75. The summed E-state index contributed by atoms with van der Waals surface area (Å²) in [5, 5.41) is 12.6. The van der Waals surface area contributed by atoms with Crippen LogP contribution in [0.2, 0.25) is 10.0 Å². The van der Waals surface area contributed by atoms with Gasteiger partial charge in [-0.1, -0.05) is 47.0 Å². The number of alkyl halides is 3. The largest absolute Gasteiger partial charge is 0.573 e. The zero-order valence-corrected chi connectivity index (χ0v) is 27.8. The van der Waals surface area contributed by atoms with Crippen molar-refractivity contribution in [2.24, 2.45) is 23.7 Å². The van der Waals surface area contributed by atoms with E-state index in [0.29, 0.717) is 21.9 Å². The summed E-state index contributed by atoms with van der Waals surface area (Å²) in [6.07, 6.45) is -3.35. The van der Waals surface area contributed by atoms with Crippen molar-refractivity contribution in [3.8, 4) is 17.2 Å². The Balaban J connectivity index is 1.50. The molecule has 15 heteroatoms. The van der Waals surface area contributed by atoms with Gasteiger partial charge in [-0.05, 0) is 72.9 Å². The van der Waals surface area contributed by atoms with Crippen LogP contribution in [0, 0.1) is 23.7 Å². The van der Waals surface area contributed by atoms with E-state index in [9.17, 15) is 32.7 Å². The third-order valence-corrected chi connectivity index (χ3v) is 10.9. The number of carbonyl (C=O) groups excluding carboxylic acids is 4. The summed E-state index contributed by atoms with van der Waals surface area (Å²) >= 11 is 12.5.